The summed E-state index contributed by atoms with van der Waals surface area (Å²) in [6, 6.07) is 5.41. The van der Waals surface area contributed by atoms with Crippen LogP contribution in [0.1, 0.15) is 27.2 Å². The topological polar surface area (TPSA) is 133 Å². The molecule has 0 unspecified atom stereocenters. The molecule has 2 rings (SSSR count). The summed E-state index contributed by atoms with van der Waals surface area (Å²) < 4.78 is 10.5. The number of carbonyl (C=O) groups excluding carboxylic acids is 2. The van der Waals surface area contributed by atoms with Gasteiger partial charge >= 0.3 is 6.09 Å². The molecule has 0 bridgehead atoms. The highest BCUT2D eigenvalue weighted by Gasteiger charge is 2.19. The number of hydrogen-bond donors (Lipinski definition) is 2. The number of amides is 2. The molecule has 2 N–H and O–H groups in total. The van der Waals surface area contributed by atoms with E-state index in [4.69, 9.17) is 32.7 Å². The van der Waals surface area contributed by atoms with E-state index >= 15 is 0 Å². The number of benzene rings is 1. The molecule has 0 saturated heterocycles. The number of nitro groups is 1. The molecule has 10 nitrogen and oxygen atoms in total. The lowest BCUT2D eigenvalue weighted by Gasteiger charge is -2.19. The van der Waals surface area contributed by atoms with Gasteiger partial charge in [0.15, 0.2) is 0 Å². The van der Waals surface area contributed by atoms with Crippen molar-refractivity contribution in [2.45, 2.75) is 32.7 Å². The third-order valence-electron chi connectivity index (χ3n) is 3.49. The molecule has 1 aromatic heterocycles. The smallest absolute Gasteiger partial charge is 0.407 e. The van der Waals surface area contributed by atoms with Crippen molar-refractivity contribution < 1.29 is 24.0 Å². The van der Waals surface area contributed by atoms with Crippen LogP contribution in [0.5, 0.6) is 11.5 Å². The van der Waals surface area contributed by atoms with Gasteiger partial charge < -0.3 is 20.1 Å². The lowest BCUT2D eigenvalue weighted by molar-refractivity contribution is -0.384. The molecule has 0 radical (unpaired) electrons. The summed E-state index contributed by atoms with van der Waals surface area (Å²) in [4.78, 5) is 37.9. The Labute approximate surface area is 188 Å². The predicted octanol–water partition coefficient (Wildman–Crippen LogP) is 4.94. The Morgan fingerprint density at radius 3 is 2.55 bits per heavy atom. The highest BCUT2D eigenvalue weighted by atomic mass is 35.5. The third kappa shape index (κ3) is 7.58. The third-order valence-corrected chi connectivity index (χ3v) is 4.34. The lowest BCUT2D eigenvalue weighted by atomic mass is 10.1. The van der Waals surface area contributed by atoms with Gasteiger partial charge in [-0.1, -0.05) is 23.2 Å². The second kappa shape index (κ2) is 10.3. The Bertz CT molecular complexity index is 994. The summed E-state index contributed by atoms with van der Waals surface area (Å²) in [7, 11) is 0. The number of halogens is 2. The first-order valence-corrected chi connectivity index (χ1v) is 9.73. The number of rotatable bonds is 7. The molecule has 31 heavy (non-hydrogen) atoms. The zero-order valence-corrected chi connectivity index (χ0v) is 18.4. The van der Waals surface area contributed by atoms with Gasteiger partial charge in [0.25, 0.3) is 5.69 Å². The molecule has 0 fully saturated rings. The van der Waals surface area contributed by atoms with Gasteiger partial charge in [0.2, 0.25) is 5.91 Å². The van der Waals surface area contributed by atoms with Crippen LogP contribution in [0, 0.1) is 10.1 Å². The van der Waals surface area contributed by atoms with E-state index in [1.165, 1.54) is 30.5 Å². The van der Waals surface area contributed by atoms with Gasteiger partial charge in [-0.2, -0.15) is 0 Å². The van der Waals surface area contributed by atoms with E-state index in [0.717, 1.165) is 0 Å². The molecule has 166 valence electrons. The molecule has 0 aliphatic carbocycles. The Morgan fingerprint density at radius 1 is 1.19 bits per heavy atom. The first-order chi connectivity index (χ1) is 14.5. The Morgan fingerprint density at radius 2 is 1.90 bits per heavy atom. The van der Waals surface area contributed by atoms with Crippen LogP contribution in [0.3, 0.4) is 0 Å². The molecular formula is C19H20Cl2N4O6. The summed E-state index contributed by atoms with van der Waals surface area (Å²) in [6.45, 7) is 5.30. The van der Waals surface area contributed by atoms with Gasteiger partial charge in [-0.3, -0.25) is 14.9 Å². The number of carbonyl (C=O) groups is 2. The van der Waals surface area contributed by atoms with Crippen LogP contribution < -0.4 is 15.4 Å². The zero-order valence-electron chi connectivity index (χ0n) is 16.9. The van der Waals surface area contributed by atoms with Crippen LogP contribution in [-0.2, 0) is 9.53 Å². The maximum absolute atomic E-state index is 12.0. The number of nitrogens with zero attached hydrogens (tertiary/aromatic N) is 2. The van der Waals surface area contributed by atoms with Crippen LogP contribution in [0.15, 0.2) is 30.5 Å². The minimum Gasteiger partial charge on any atom is -0.456 e. The lowest BCUT2D eigenvalue weighted by Crippen LogP contribution is -2.41. The van der Waals surface area contributed by atoms with E-state index in [0.29, 0.717) is 0 Å². The average molecular weight is 471 g/mol. The van der Waals surface area contributed by atoms with Gasteiger partial charge in [-0.25, -0.2) is 9.78 Å². The Balaban J connectivity index is 1.95. The monoisotopic (exact) mass is 470 g/mol. The number of hydrogen-bond acceptors (Lipinski definition) is 7. The standard InChI is InChI=1S/C19H20Cl2N4O6/c1-19(2,3)24-18(27)30-9-7-15(26)23-14-10-11(6-8-22-14)31-13-5-4-12(25(28)29)16(20)17(13)21/h4-6,8,10H,7,9H2,1-3H3,(H,24,27)(H,22,23,26). The van der Waals surface area contributed by atoms with Crippen molar-refractivity contribution in [3.8, 4) is 11.5 Å². The van der Waals surface area contributed by atoms with E-state index in [9.17, 15) is 19.7 Å². The summed E-state index contributed by atoms with van der Waals surface area (Å²) in [5.41, 5.74) is -0.791. The molecule has 12 heteroatoms. The van der Waals surface area contributed by atoms with Crippen LogP contribution in [0.25, 0.3) is 0 Å². The summed E-state index contributed by atoms with van der Waals surface area (Å²) in [5, 5.41) is 15.7. The van der Waals surface area contributed by atoms with Crippen molar-refractivity contribution in [1.82, 2.24) is 10.3 Å². The Kier molecular flexibility index (Phi) is 8.01. The first-order valence-electron chi connectivity index (χ1n) is 8.97. The quantitative estimate of drug-likeness (QED) is 0.432. The number of anilines is 1. The van der Waals surface area contributed by atoms with E-state index in [1.807, 2.05) is 0 Å². The molecule has 1 heterocycles. The fourth-order valence-corrected chi connectivity index (χ4v) is 2.62. The number of ether oxygens (including phenoxy) is 2. The van der Waals surface area contributed by atoms with Gasteiger partial charge in [0.05, 0.1) is 11.3 Å². The van der Waals surface area contributed by atoms with E-state index in [2.05, 4.69) is 15.6 Å². The minimum absolute atomic E-state index is 0.0753. The number of aromatic nitrogens is 1. The predicted molar refractivity (Wildman–Crippen MR) is 115 cm³/mol. The SMILES string of the molecule is CC(C)(C)NC(=O)OCCC(=O)Nc1cc(Oc2ccc([N+](=O)[O-])c(Cl)c2Cl)ccn1. The van der Waals surface area contributed by atoms with Crippen LogP contribution >= 0.6 is 23.2 Å². The van der Waals surface area contributed by atoms with Gasteiger partial charge in [-0.15, -0.1) is 0 Å². The normalized spacial score (nSPS) is 10.9. The number of nitrogens with one attached hydrogen (secondary N) is 2. The largest absolute Gasteiger partial charge is 0.456 e. The maximum atomic E-state index is 12.0. The number of nitro benzene ring substituents is 1. The Hall–Kier alpha value is -3.11. The van der Waals surface area contributed by atoms with Crippen LogP contribution in [0.4, 0.5) is 16.3 Å². The average Bonchev–Trinajstić information content (AvgIpc) is 2.64. The number of pyridine rings is 1. The van der Waals surface area contributed by atoms with Gasteiger partial charge in [-0.05, 0) is 32.9 Å². The molecule has 0 aliphatic heterocycles. The van der Waals surface area contributed by atoms with Crippen LogP contribution in [-0.4, -0.2) is 34.1 Å². The molecule has 1 aromatic carbocycles. The first kappa shape index (κ1) is 24.2. The van der Waals surface area contributed by atoms with Crippen molar-refractivity contribution in [3.63, 3.8) is 0 Å². The highest BCUT2D eigenvalue weighted by Crippen LogP contribution is 2.40. The molecule has 2 amide bonds. The fourth-order valence-electron chi connectivity index (χ4n) is 2.20. The number of alkyl carbamates (subject to hydrolysis) is 1. The molecule has 0 atom stereocenters. The molecule has 0 saturated carbocycles. The fraction of sp³-hybridized carbons (Fsp3) is 0.316. The van der Waals surface area contributed by atoms with Gasteiger partial charge in [0.1, 0.15) is 34.0 Å². The van der Waals surface area contributed by atoms with E-state index < -0.39 is 22.5 Å². The second-order valence-corrected chi connectivity index (χ2v) is 8.01. The highest BCUT2D eigenvalue weighted by molar-refractivity contribution is 6.44. The van der Waals surface area contributed by atoms with E-state index in [1.54, 1.807) is 20.8 Å². The van der Waals surface area contributed by atoms with E-state index in [-0.39, 0.29) is 46.1 Å². The zero-order chi connectivity index (χ0) is 23.2. The van der Waals surface area contributed by atoms with Gasteiger partial charge in [0, 0.05) is 23.9 Å². The minimum atomic E-state index is -0.658. The summed E-state index contributed by atoms with van der Waals surface area (Å²) >= 11 is 11.9. The molecule has 0 aliphatic rings. The summed E-state index contributed by atoms with van der Waals surface area (Å²) in [6.07, 6.45) is 0.695. The molecule has 2 aromatic rings. The van der Waals surface area contributed by atoms with Crippen molar-refractivity contribution in [2.24, 2.45) is 0 Å². The van der Waals surface area contributed by atoms with Crippen LogP contribution in [0.2, 0.25) is 10.0 Å². The van der Waals surface area contributed by atoms with Crippen molar-refractivity contribution in [1.29, 1.82) is 0 Å². The molecule has 0 spiro atoms. The maximum Gasteiger partial charge on any atom is 0.407 e. The summed E-state index contributed by atoms with van der Waals surface area (Å²) in [5.74, 6) is 0.118. The molecular weight excluding hydrogens is 451 g/mol. The van der Waals surface area contributed by atoms with Crippen molar-refractivity contribution >= 4 is 46.7 Å². The van der Waals surface area contributed by atoms with Crippen molar-refractivity contribution in [2.75, 3.05) is 11.9 Å². The van der Waals surface area contributed by atoms with Crippen molar-refractivity contribution in [3.05, 3.63) is 50.6 Å². The second-order valence-electron chi connectivity index (χ2n) is 7.26.